The van der Waals surface area contributed by atoms with Crippen LogP contribution in [0.3, 0.4) is 0 Å². The van der Waals surface area contributed by atoms with E-state index in [0.717, 1.165) is 13.1 Å². The highest BCUT2D eigenvalue weighted by Crippen LogP contribution is 2.05. The first-order chi connectivity index (χ1) is 8.75. The van der Waals surface area contributed by atoms with Gasteiger partial charge in [-0.15, -0.1) is 0 Å². The van der Waals surface area contributed by atoms with Crippen LogP contribution in [-0.2, 0) is 4.74 Å². The first-order valence-corrected chi connectivity index (χ1v) is 6.12. The number of nitrogens with one attached hydrogen (secondary N) is 3. The van der Waals surface area contributed by atoms with Crippen LogP contribution < -0.4 is 16.0 Å². The fourth-order valence-electron chi connectivity index (χ4n) is 1.84. The lowest BCUT2D eigenvalue weighted by Crippen LogP contribution is -2.51. The van der Waals surface area contributed by atoms with E-state index in [4.69, 9.17) is 4.74 Å². The van der Waals surface area contributed by atoms with Gasteiger partial charge in [0.25, 0.3) is 0 Å². The summed E-state index contributed by atoms with van der Waals surface area (Å²) in [6.07, 6.45) is 0.0178. The average Bonchev–Trinajstić information content (AvgIpc) is 2.40. The van der Waals surface area contributed by atoms with E-state index in [1.807, 2.05) is 19.1 Å². The third-order valence-electron chi connectivity index (χ3n) is 2.83. The molecule has 1 fully saturated rings. The van der Waals surface area contributed by atoms with Gasteiger partial charge in [0.05, 0.1) is 24.4 Å². The Morgan fingerprint density at radius 2 is 2.50 bits per heavy atom. The number of carbonyl (C=O) groups excluding carboxylic acids is 1. The van der Waals surface area contributed by atoms with Crippen LogP contribution in [-0.4, -0.2) is 37.9 Å². The van der Waals surface area contributed by atoms with E-state index in [9.17, 15) is 4.79 Å². The monoisotopic (exact) mass is 248 g/mol. The van der Waals surface area contributed by atoms with Crippen molar-refractivity contribution in [2.24, 2.45) is 0 Å². The molecule has 0 bridgehead atoms. The molecule has 0 saturated carbocycles. The smallest absolute Gasteiger partial charge is 0.319 e. The van der Waals surface area contributed by atoms with Gasteiger partial charge >= 0.3 is 6.03 Å². The second-order valence-corrected chi connectivity index (χ2v) is 4.28. The Morgan fingerprint density at radius 1 is 1.61 bits per heavy atom. The van der Waals surface area contributed by atoms with Gasteiger partial charge in [-0.2, -0.15) is 0 Å². The maximum Gasteiger partial charge on any atom is 0.319 e. The molecule has 2 atom stereocenters. The molecular weight excluding hydrogens is 230 g/mol. The Balaban J connectivity index is 1.79. The minimum Gasteiger partial charge on any atom is -0.373 e. The summed E-state index contributed by atoms with van der Waals surface area (Å²) < 4.78 is 5.58. The van der Waals surface area contributed by atoms with E-state index < -0.39 is 0 Å². The van der Waals surface area contributed by atoms with E-state index in [0.29, 0.717) is 12.3 Å². The highest BCUT2D eigenvalue weighted by molar-refractivity contribution is 5.89. The van der Waals surface area contributed by atoms with E-state index in [-0.39, 0.29) is 18.2 Å². The third kappa shape index (κ3) is 3.72. The van der Waals surface area contributed by atoms with Gasteiger partial charge in [0, 0.05) is 19.2 Å². The highest BCUT2D eigenvalue weighted by Gasteiger charge is 2.21. The van der Waals surface area contributed by atoms with Crippen LogP contribution in [0.5, 0.6) is 0 Å². The van der Waals surface area contributed by atoms with E-state index >= 15 is 0 Å². The van der Waals surface area contributed by atoms with Gasteiger partial charge in [-0.05, 0) is 13.0 Å². The van der Waals surface area contributed by atoms with Crippen molar-refractivity contribution in [2.75, 3.05) is 25.0 Å². The number of para-hydroxylation sites is 1. The molecule has 1 aliphatic rings. The molecule has 1 aliphatic heterocycles. The normalized spacial score (nSPS) is 21.1. The molecule has 0 aliphatic carbocycles. The number of benzene rings is 1. The number of ether oxygens (including phenoxy) is 1. The summed E-state index contributed by atoms with van der Waals surface area (Å²) in [7, 11) is 0. The van der Waals surface area contributed by atoms with Crippen LogP contribution in [0.4, 0.5) is 10.5 Å². The lowest BCUT2D eigenvalue weighted by atomic mass is 10.1. The molecule has 1 saturated heterocycles. The molecule has 2 rings (SSSR count). The van der Waals surface area contributed by atoms with Gasteiger partial charge in [0.2, 0.25) is 0 Å². The first-order valence-electron chi connectivity index (χ1n) is 6.12. The van der Waals surface area contributed by atoms with Crippen molar-refractivity contribution in [3.8, 4) is 0 Å². The molecule has 5 nitrogen and oxygen atoms in total. The summed E-state index contributed by atoms with van der Waals surface area (Å²) >= 11 is 0. The molecule has 1 aromatic rings. The van der Waals surface area contributed by atoms with E-state index in [2.05, 4.69) is 22.0 Å². The maximum absolute atomic E-state index is 11.7. The van der Waals surface area contributed by atoms with E-state index in [1.54, 1.807) is 12.1 Å². The Kier molecular flexibility index (Phi) is 4.55. The summed E-state index contributed by atoms with van der Waals surface area (Å²) in [4.78, 5) is 11.7. The van der Waals surface area contributed by atoms with Crippen LogP contribution >= 0.6 is 0 Å². The number of urea groups is 1. The Morgan fingerprint density at radius 3 is 3.17 bits per heavy atom. The minimum atomic E-state index is -0.237. The highest BCUT2D eigenvalue weighted by atomic mass is 16.5. The summed E-state index contributed by atoms with van der Waals surface area (Å²) in [5.74, 6) is 0. The number of anilines is 1. The Labute approximate surface area is 107 Å². The number of rotatable bonds is 3. The van der Waals surface area contributed by atoms with Crippen LogP contribution in [0.15, 0.2) is 24.3 Å². The predicted molar refractivity (Wildman–Crippen MR) is 69.5 cm³/mol. The number of amides is 2. The molecule has 18 heavy (non-hydrogen) atoms. The molecule has 1 aromatic carbocycles. The molecule has 0 aromatic heterocycles. The van der Waals surface area contributed by atoms with Gasteiger partial charge in [-0.25, -0.2) is 4.79 Å². The van der Waals surface area contributed by atoms with E-state index in [1.165, 1.54) is 0 Å². The number of morpholine rings is 1. The van der Waals surface area contributed by atoms with Crippen LogP contribution in [0.1, 0.15) is 6.92 Å². The van der Waals surface area contributed by atoms with Crippen molar-refractivity contribution >= 4 is 11.7 Å². The summed E-state index contributed by atoms with van der Waals surface area (Å²) in [5, 5.41) is 8.83. The molecule has 97 valence electrons. The third-order valence-corrected chi connectivity index (χ3v) is 2.83. The second-order valence-electron chi connectivity index (χ2n) is 4.28. The lowest BCUT2D eigenvalue weighted by Gasteiger charge is -2.29. The van der Waals surface area contributed by atoms with Crippen molar-refractivity contribution in [2.45, 2.75) is 19.1 Å². The second kappa shape index (κ2) is 6.37. The lowest BCUT2D eigenvalue weighted by molar-refractivity contribution is 0.0110. The standard InChI is InChI=1S/C13H18N3O2/c1-10(12-9-14-7-8-18-12)15-13(17)16-11-5-3-2-4-6-11/h2-5,10,12,14H,7-9H2,1H3,(H2,15,16,17). The topological polar surface area (TPSA) is 62.4 Å². The van der Waals surface area contributed by atoms with Gasteiger partial charge in [-0.1, -0.05) is 18.2 Å². The molecule has 0 spiro atoms. The van der Waals surface area contributed by atoms with Crippen molar-refractivity contribution in [1.29, 1.82) is 0 Å². The minimum absolute atomic E-state index is 0.0178. The van der Waals surface area contributed by atoms with Gasteiger partial charge in [-0.3, -0.25) is 0 Å². The van der Waals surface area contributed by atoms with Crippen LogP contribution in [0.2, 0.25) is 0 Å². The predicted octanol–water partition coefficient (Wildman–Crippen LogP) is 0.985. The summed E-state index contributed by atoms with van der Waals surface area (Å²) in [5.41, 5.74) is 0.657. The van der Waals surface area contributed by atoms with Crippen molar-refractivity contribution < 1.29 is 9.53 Å². The maximum atomic E-state index is 11.7. The zero-order valence-corrected chi connectivity index (χ0v) is 10.4. The van der Waals surface area contributed by atoms with Crippen LogP contribution in [0, 0.1) is 6.07 Å². The fourth-order valence-corrected chi connectivity index (χ4v) is 1.84. The van der Waals surface area contributed by atoms with Crippen molar-refractivity contribution in [3.63, 3.8) is 0 Å². The average molecular weight is 248 g/mol. The molecule has 2 amide bonds. The number of hydrogen-bond donors (Lipinski definition) is 3. The van der Waals surface area contributed by atoms with Gasteiger partial charge < -0.3 is 20.7 Å². The zero-order chi connectivity index (χ0) is 12.8. The largest absolute Gasteiger partial charge is 0.373 e. The van der Waals surface area contributed by atoms with Gasteiger partial charge in [0.1, 0.15) is 0 Å². The summed E-state index contributed by atoms with van der Waals surface area (Å²) in [6.45, 7) is 4.25. The van der Waals surface area contributed by atoms with Crippen molar-refractivity contribution in [3.05, 3.63) is 30.3 Å². The number of hydrogen-bond acceptors (Lipinski definition) is 3. The Bertz CT molecular complexity index is 377. The zero-order valence-electron chi connectivity index (χ0n) is 10.4. The fraction of sp³-hybridized carbons (Fsp3) is 0.462. The van der Waals surface area contributed by atoms with Crippen molar-refractivity contribution in [1.82, 2.24) is 10.6 Å². The molecule has 3 N–H and O–H groups in total. The summed E-state index contributed by atoms with van der Waals surface area (Å²) in [6, 6.07) is 9.92. The first kappa shape index (κ1) is 12.9. The molecule has 1 heterocycles. The van der Waals surface area contributed by atoms with Crippen LogP contribution in [0.25, 0.3) is 0 Å². The molecule has 1 radical (unpaired) electrons. The molecule has 2 unspecified atom stereocenters. The van der Waals surface area contributed by atoms with Gasteiger partial charge in [0.15, 0.2) is 0 Å². The SMILES string of the molecule is CC(NC(=O)Nc1[c]cccc1)C1CNCCO1. The Hall–Kier alpha value is -1.59. The number of carbonyl (C=O) groups is 1. The molecular formula is C13H18N3O2. The quantitative estimate of drug-likeness (QED) is 0.747. The molecule has 5 heteroatoms.